The smallest absolute Gasteiger partial charge is 0.308 e. The van der Waals surface area contributed by atoms with E-state index >= 15 is 0 Å². The van der Waals surface area contributed by atoms with Crippen molar-refractivity contribution in [2.75, 3.05) is 18.0 Å². The van der Waals surface area contributed by atoms with E-state index in [0.717, 1.165) is 29.7 Å². The minimum absolute atomic E-state index is 0.265. The van der Waals surface area contributed by atoms with Gasteiger partial charge in [0.15, 0.2) is 0 Å². The zero-order valence-electron chi connectivity index (χ0n) is 8.77. The number of anilines is 1. The lowest BCUT2D eigenvalue weighted by Crippen LogP contribution is -2.39. The maximum Gasteiger partial charge on any atom is 0.308 e. The summed E-state index contributed by atoms with van der Waals surface area (Å²) in [6.45, 7) is 1.45. The van der Waals surface area contributed by atoms with Crippen LogP contribution in [-0.4, -0.2) is 29.1 Å². The van der Waals surface area contributed by atoms with E-state index in [0.29, 0.717) is 6.54 Å². The van der Waals surface area contributed by atoms with Gasteiger partial charge in [-0.05, 0) is 40.9 Å². The molecule has 0 spiro atoms. The molecule has 0 aromatic carbocycles. The molecule has 1 atom stereocenters. The number of pyridine rings is 1. The minimum atomic E-state index is -0.707. The lowest BCUT2D eigenvalue weighted by atomic mass is 9.98. The molecule has 0 saturated carbocycles. The van der Waals surface area contributed by atoms with Crippen LogP contribution in [0.3, 0.4) is 0 Å². The van der Waals surface area contributed by atoms with Gasteiger partial charge in [-0.25, -0.2) is 4.98 Å². The first-order valence-electron chi connectivity index (χ1n) is 5.26. The van der Waals surface area contributed by atoms with Gasteiger partial charge >= 0.3 is 5.97 Å². The second-order valence-electron chi connectivity index (χ2n) is 3.96. The predicted molar refractivity (Wildman–Crippen MR) is 64.5 cm³/mol. The number of hydrogen-bond acceptors (Lipinski definition) is 3. The number of aromatic nitrogens is 1. The average molecular weight is 285 g/mol. The second-order valence-corrected chi connectivity index (χ2v) is 4.87. The van der Waals surface area contributed by atoms with Gasteiger partial charge in [-0.3, -0.25) is 4.79 Å². The monoisotopic (exact) mass is 284 g/mol. The van der Waals surface area contributed by atoms with Gasteiger partial charge in [0.1, 0.15) is 5.82 Å². The Kier molecular flexibility index (Phi) is 3.43. The fourth-order valence-corrected chi connectivity index (χ4v) is 2.18. The first kappa shape index (κ1) is 11.4. The molecule has 1 fully saturated rings. The van der Waals surface area contributed by atoms with Crippen molar-refractivity contribution < 1.29 is 9.90 Å². The maximum absolute atomic E-state index is 10.9. The largest absolute Gasteiger partial charge is 0.481 e. The van der Waals surface area contributed by atoms with Crippen LogP contribution in [0.2, 0.25) is 0 Å². The molecule has 1 aliphatic heterocycles. The Labute approximate surface area is 102 Å². The Morgan fingerprint density at radius 2 is 2.38 bits per heavy atom. The molecular formula is C11H13BrN2O2. The van der Waals surface area contributed by atoms with Gasteiger partial charge in [0, 0.05) is 23.8 Å². The van der Waals surface area contributed by atoms with Crippen molar-refractivity contribution in [3.05, 3.63) is 22.8 Å². The van der Waals surface area contributed by atoms with E-state index in [-0.39, 0.29) is 5.92 Å². The van der Waals surface area contributed by atoms with Crippen LogP contribution < -0.4 is 4.90 Å². The number of carboxylic acid groups (broad SMARTS) is 1. The van der Waals surface area contributed by atoms with Crippen LogP contribution in [-0.2, 0) is 4.79 Å². The van der Waals surface area contributed by atoms with Gasteiger partial charge in [-0.15, -0.1) is 0 Å². The molecule has 0 radical (unpaired) electrons. The number of piperidine rings is 1. The summed E-state index contributed by atoms with van der Waals surface area (Å²) in [6.07, 6.45) is 3.41. The van der Waals surface area contributed by atoms with Crippen LogP contribution in [0.1, 0.15) is 12.8 Å². The van der Waals surface area contributed by atoms with E-state index in [9.17, 15) is 4.79 Å². The zero-order chi connectivity index (χ0) is 11.5. The van der Waals surface area contributed by atoms with E-state index in [4.69, 9.17) is 5.11 Å². The van der Waals surface area contributed by atoms with Crippen molar-refractivity contribution in [2.45, 2.75) is 12.8 Å². The van der Waals surface area contributed by atoms with Crippen molar-refractivity contribution >= 4 is 27.7 Å². The Hall–Kier alpha value is -1.10. The highest BCUT2D eigenvalue weighted by Crippen LogP contribution is 2.22. The van der Waals surface area contributed by atoms with Crippen molar-refractivity contribution in [3.63, 3.8) is 0 Å². The van der Waals surface area contributed by atoms with Gasteiger partial charge in [0.2, 0.25) is 0 Å². The van der Waals surface area contributed by atoms with E-state index in [1.54, 1.807) is 6.20 Å². The first-order chi connectivity index (χ1) is 7.66. The molecular weight excluding hydrogens is 272 g/mol. The molecule has 2 rings (SSSR count). The summed E-state index contributed by atoms with van der Waals surface area (Å²) in [4.78, 5) is 17.2. The highest BCUT2D eigenvalue weighted by atomic mass is 79.9. The number of aliphatic carboxylic acids is 1. The Bertz CT molecular complexity index is 380. The normalized spacial score (nSPS) is 20.8. The molecule has 4 nitrogen and oxygen atoms in total. The van der Waals surface area contributed by atoms with E-state index in [2.05, 4.69) is 20.9 Å². The van der Waals surface area contributed by atoms with Gasteiger partial charge in [0.25, 0.3) is 0 Å². The lowest BCUT2D eigenvalue weighted by Gasteiger charge is -2.31. The molecule has 5 heteroatoms. The molecule has 1 unspecified atom stereocenters. The molecule has 1 N–H and O–H groups in total. The van der Waals surface area contributed by atoms with Crippen LogP contribution in [0.25, 0.3) is 0 Å². The van der Waals surface area contributed by atoms with Crippen molar-refractivity contribution in [1.29, 1.82) is 0 Å². The number of hydrogen-bond donors (Lipinski definition) is 1. The summed E-state index contributed by atoms with van der Waals surface area (Å²) >= 11 is 3.33. The number of carboxylic acids is 1. The third-order valence-corrected chi connectivity index (χ3v) is 3.28. The van der Waals surface area contributed by atoms with Crippen LogP contribution in [0.15, 0.2) is 22.8 Å². The molecule has 1 saturated heterocycles. The highest BCUT2D eigenvalue weighted by molar-refractivity contribution is 9.10. The van der Waals surface area contributed by atoms with E-state index < -0.39 is 5.97 Å². The number of nitrogens with zero attached hydrogens (tertiary/aromatic N) is 2. The van der Waals surface area contributed by atoms with Gasteiger partial charge in [-0.2, -0.15) is 0 Å². The molecule has 1 aromatic rings. The molecule has 0 bridgehead atoms. The maximum atomic E-state index is 10.9. The Balaban J connectivity index is 2.09. The molecule has 1 aliphatic rings. The quantitative estimate of drug-likeness (QED) is 0.904. The lowest BCUT2D eigenvalue weighted by molar-refractivity contribution is -0.141. The Morgan fingerprint density at radius 3 is 3.00 bits per heavy atom. The predicted octanol–water partition coefficient (Wildman–Crippen LogP) is 2.15. The third-order valence-electron chi connectivity index (χ3n) is 2.81. The topological polar surface area (TPSA) is 53.4 Å². The second kappa shape index (κ2) is 4.82. The SMILES string of the molecule is O=C(O)C1CCCN(c2ccc(Br)cn2)C1. The van der Waals surface area contributed by atoms with Gasteiger partial charge < -0.3 is 10.0 Å². The van der Waals surface area contributed by atoms with Crippen LogP contribution in [0.4, 0.5) is 5.82 Å². The summed E-state index contributed by atoms with van der Waals surface area (Å²) in [7, 11) is 0. The molecule has 2 heterocycles. The van der Waals surface area contributed by atoms with Crippen LogP contribution in [0.5, 0.6) is 0 Å². The van der Waals surface area contributed by atoms with Crippen molar-refractivity contribution in [3.8, 4) is 0 Å². The summed E-state index contributed by atoms with van der Waals surface area (Å²) in [6, 6.07) is 3.83. The van der Waals surface area contributed by atoms with Crippen molar-refractivity contribution in [1.82, 2.24) is 4.98 Å². The zero-order valence-corrected chi connectivity index (χ0v) is 10.4. The number of carbonyl (C=O) groups is 1. The fourth-order valence-electron chi connectivity index (χ4n) is 1.94. The van der Waals surface area contributed by atoms with Gasteiger partial charge in [0.05, 0.1) is 5.92 Å². The fraction of sp³-hybridized carbons (Fsp3) is 0.455. The Morgan fingerprint density at radius 1 is 1.56 bits per heavy atom. The molecule has 1 aromatic heterocycles. The number of rotatable bonds is 2. The number of halogens is 1. The summed E-state index contributed by atoms with van der Waals surface area (Å²) < 4.78 is 0.933. The minimum Gasteiger partial charge on any atom is -0.481 e. The van der Waals surface area contributed by atoms with Crippen LogP contribution in [0, 0.1) is 5.92 Å². The summed E-state index contributed by atoms with van der Waals surface area (Å²) in [5.74, 6) is -0.116. The van der Waals surface area contributed by atoms with E-state index in [1.807, 2.05) is 17.0 Å². The molecule has 16 heavy (non-hydrogen) atoms. The highest BCUT2D eigenvalue weighted by Gasteiger charge is 2.25. The molecule has 86 valence electrons. The van der Waals surface area contributed by atoms with Crippen LogP contribution >= 0.6 is 15.9 Å². The standard InChI is InChI=1S/C11H13BrN2O2/c12-9-3-4-10(13-6-9)14-5-1-2-8(7-14)11(15)16/h3-4,6,8H,1-2,5,7H2,(H,15,16). The van der Waals surface area contributed by atoms with E-state index in [1.165, 1.54) is 0 Å². The van der Waals surface area contributed by atoms with Gasteiger partial charge in [-0.1, -0.05) is 0 Å². The summed E-state index contributed by atoms with van der Waals surface area (Å²) in [5.41, 5.74) is 0. The molecule has 0 amide bonds. The average Bonchev–Trinajstić information content (AvgIpc) is 2.30. The third kappa shape index (κ3) is 2.52. The summed E-state index contributed by atoms with van der Waals surface area (Å²) in [5, 5.41) is 8.99. The molecule has 0 aliphatic carbocycles. The van der Waals surface area contributed by atoms with Crippen molar-refractivity contribution in [2.24, 2.45) is 5.92 Å². The first-order valence-corrected chi connectivity index (χ1v) is 6.05.